The predicted molar refractivity (Wildman–Crippen MR) is 80.9 cm³/mol. The van der Waals surface area contributed by atoms with Crippen LogP contribution in [-0.2, 0) is 9.53 Å². The van der Waals surface area contributed by atoms with Gasteiger partial charge in [-0.3, -0.25) is 9.69 Å². The zero-order chi connectivity index (χ0) is 15.0. The van der Waals surface area contributed by atoms with Crippen molar-refractivity contribution in [2.75, 3.05) is 26.3 Å². The number of aliphatic carboxylic acids is 1. The van der Waals surface area contributed by atoms with Gasteiger partial charge in [0.05, 0.1) is 19.1 Å². The first-order valence-electron chi connectivity index (χ1n) is 8.18. The molecule has 1 heterocycles. The molecule has 0 aromatic rings. The lowest BCUT2D eigenvalue weighted by Gasteiger charge is -2.33. The second kappa shape index (κ2) is 9.35. The minimum Gasteiger partial charge on any atom is -0.481 e. The lowest BCUT2D eigenvalue weighted by atomic mass is 9.95. The average Bonchev–Trinajstić information content (AvgIpc) is 2.91. The van der Waals surface area contributed by atoms with E-state index in [0.717, 1.165) is 19.5 Å². The lowest BCUT2D eigenvalue weighted by molar-refractivity contribution is -0.143. The third-order valence-corrected chi connectivity index (χ3v) is 4.38. The van der Waals surface area contributed by atoms with Crippen molar-refractivity contribution < 1.29 is 14.6 Å². The number of carboxylic acid groups (broad SMARTS) is 1. The Hall–Kier alpha value is -0.610. The SMILES string of the molecule is CCCCC(CC)CN(CCC)C1COCC1C(=O)O. The maximum atomic E-state index is 11.3. The fraction of sp³-hybridized carbons (Fsp3) is 0.938. The summed E-state index contributed by atoms with van der Waals surface area (Å²) >= 11 is 0. The van der Waals surface area contributed by atoms with E-state index in [0.29, 0.717) is 19.1 Å². The van der Waals surface area contributed by atoms with Gasteiger partial charge in [0, 0.05) is 12.6 Å². The summed E-state index contributed by atoms with van der Waals surface area (Å²) in [6, 6.07) is 0.0585. The van der Waals surface area contributed by atoms with Crippen molar-refractivity contribution in [3.8, 4) is 0 Å². The zero-order valence-corrected chi connectivity index (χ0v) is 13.3. The van der Waals surface area contributed by atoms with Crippen LogP contribution >= 0.6 is 0 Å². The van der Waals surface area contributed by atoms with Gasteiger partial charge in [-0.15, -0.1) is 0 Å². The van der Waals surface area contributed by atoms with Crippen molar-refractivity contribution >= 4 is 5.97 Å². The van der Waals surface area contributed by atoms with Crippen molar-refractivity contribution in [2.45, 2.75) is 58.9 Å². The van der Waals surface area contributed by atoms with Crippen molar-refractivity contribution in [2.24, 2.45) is 11.8 Å². The number of unbranched alkanes of at least 4 members (excludes halogenated alkanes) is 1. The van der Waals surface area contributed by atoms with Gasteiger partial charge < -0.3 is 9.84 Å². The number of carbonyl (C=O) groups is 1. The van der Waals surface area contributed by atoms with Crippen LogP contribution in [0.3, 0.4) is 0 Å². The molecular formula is C16H31NO3. The molecule has 4 heteroatoms. The van der Waals surface area contributed by atoms with Gasteiger partial charge in [-0.1, -0.05) is 40.0 Å². The Bertz CT molecular complexity index is 283. The second-order valence-electron chi connectivity index (χ2n) is 5.96. The van der Waals surface area contributed by atoms with Crippen LogP contribution in [-0.4, -0.2) is 48.3 Å². The molecule has 0 spiro atoms. The smallest absolute Gasteiger partial charge is 0.310 e. The molecule has 1 rings (SSSR count). The van der Waals surface area contributed by atoms with E-state index in [1.807, 2.05) is 0 Å². The lowest BCUT2D eigenvalue weighted by Crippen LogP contribution is -2.45. The Labute approximate surface area is 123 Å². The largest absolute Gasteiger partial charge is 0.481 e. The summed E-state index contributed by atoms with van der Waals surface area (Å²) in [4.78, 5) is 13.7. The van der Waals surface area contributed by atoms with Crippen LogP contribution in [0.5, 0.6) is 0 Å². The third kappa shape index (κ3) is 5.06. The van der Waals surface area contributed by atoms with Crippen LogP contribution < -0.4 is 0 Å². The van der Waals surface area contributed by atoms with Crippen LogP contribution in [0.2, 0.25) is 0 Å². The van der Waals surface area contributed by atoms with Crippen molar-refractivity contribution in [3.63, 3.8) is 0 Å². The molecule has 3 unspecified atom stereocenters. The number of hydrogen-bond acceptors (Lipinski definition) is 3. The zero-order valence-electron chi connectivity index (χ0n) is 13.3. The summed E-state index contributed by atoms with van der Waals surface area (Å²) in [6.07, 6.45) is 5.98. The molecule has 0 aromatic carbocycles. The van der Waals surface area contributed by atoms with Crippen molar-refractivity contribution in [1.82, 2.24) is 4.90 Å². The van der Waals surface area contributed by atoms with Gasteiger partial charge in [0.2, 0.25) is 0 Å². The maximum absolute atomic E-state index is 11.3. The van der Waals surface area contributed by atoms with E-state index in [1.54, 1.807) is 0 Å². The maximum Gasteiger partial charge on any atom is 0.310 e. The number of carboxylic acids is 1. The Kier molecular flexibility index (Phi) is 8.15. The molecular weight excluding hydrogens is 254 g/mol. The summed E-state index contributed by atoms with van der Waals surface area (Å²) in [7, 11) is 0. The molecule has 20 heavy (non-hydrogen) atoms. The molecule has 118 valence electrons. The highest BCUT2D eigenvalue weighted by Crippen LogP contribution is 2.23. The molecule has 0 aliphatic carbocycles. The van der Waals surface area contributed by atoms with Crippen LogP contribution in [0.1, 0.15) is 52.9 Å². The fourth-order valence-electron chi connectivity index (χ4n) is 3.07. The molecule has 0 amide bonds. The number of rotatable bonds is 10. The van der Waals surface area contributed by atoms with Gasteiger partial charge in [0.15, 0.2) is 0 Å². The Morgan fingerprint density at radius 2 is 2.05 bits per heavy atom. The van der Waals surface area contributed by atoms with Gasteiger partial charge >= 0.3 is 5.97 Å². The summed E-state index contributed by atoms with van der Waals surface area (Å²) < 4.78 is 5.43. The molecule has 1 saturated heterocycles. The number of nitrogens with zero attached hydrogens (tertiary/aromatic N) is 1. The van der Waals surface area contributed by atoms with Gasteiger partial charge in [-0.2, -0.15) is 0 Å². The van der Waals surface area contributed by atoms with Gasteiger partial charge in [0.25, 0.3) is 0 Å². The van der Waals surface area contributed by atoms with E-state index in [9.17, 15) is 9.90 Å². The average molecular weight is 285 g/mol. The molecule has 0 saturated carbocycles. The first-order chi connectivity index (χ1) is 9.63. The molecule has 4 nitrogen and oxygen atoms in total. The third-order valence-electron chi connectivity index (χ3n) is 4.38. The summed E-state index contributed by atoms with van der Waals surface area (Å²) in [5.74, 6) is -0.392. The number of ether oxygens (including phenoxy) is 1. The molecule has 1 N–H and O–H groups in total. The van der Waals surface area contributed by atoms with Crippen LogP contribution in [0.25, 0.3) is 0 Å². The molecule has 0 radical (unpaired) electrons. The topological polar surface area (TPSA) is 49.8 Å². The number of hydrogen-bond donors (Lipinski definition) is 1. The van der Waals surface area contributed by atoms with Crippen molar-refractivity contribution in [3.05, 3.63) is 0 Å². The molecule has 1 aliphatic rings. The molecule has 0 bridgehead atoms. The van der Waals surface area contributed by atoms with E-state index >= 15 is 0 Å². The van der Waals surface area contributed by atoms with E-state index in [1.165, 1.54) is 25.7 Å². The first kappa shape index (κ1) is 17.4. The van der Waals surface area contributed by atoms with Gasteiger partial charge in [-0.05, 0) is 25.3 Å². The van der Waals surface area contributed by atoms with Crippen molar-refractivity contribution in [1.29, 1.82) is 0 Å². The van der Waals surface area contributed by atoms with E-state index in [-0.39, 0.29) is 12.0 Å². The molecule has 0 aromatic heterocycles. The highest BCUT2D eigenvalue weighted by molar-refractivity contribution is 5.71. The molecule has 1 fully saturated rings. The quantitative estimate of drug-likeness (QED) is 0.670. The normalized spacial score (nSPS) is 24.2. The minimum absolute atomic E-state index is 0.0585. The van der Waals surface area contributed by atoms with Gasteiger partial charge in [-0.25, -0.2) is 0 Å². The Morgan fingerprint density at radius 3 is 2.60 bits per heavy atom. The van der Waals surface area contributed by atoms with E-state index < -0.39 is 5.97 Å². The van der Waals surface area contributed by atoms with E-state index in [4.69, 9.17) is 4.74 Å². The Morgan fingerprint density at radius 1 is 1.30 bits per heavy atom. The van der Waals surface area contributed by atoms with Crippen LogP contribution in [0.15, 0.2) is 0 Å². The monoisotopic (exact) mass is 285 g/mol. The predicted octanol–water partition coefficient (Wildman–Crippen LogP) is 3.01. The summed E-state index contributed by atoms with van der Waals surface area (Å²) in [5, 5.41) is 9.33. The molecule has 3 atom stereocenters. The highest BCUT2D eigenvalue weighted by Gasteiger charge is 2.38. The van der Waals surface area contributed by atoms with Crippen LogP contribution in [0.4, 0.5) is 0 Å². The summed E-state index contributed by atoms with van der Waals surface area (Å²) in [6.45, 7) is 9.55. The fourth-order valence-corrected chi connectivity index (χ4v) is 3.07. The Balaban J connectivity index is 2.64. The van der Waals surface area contributed by atoms with Gasteiger partial charge in [0.1, 0.15) is 0 Å². The summed E-state index contributed by atoms with van der Waals surface area (Å²) in [5.41, 5.74) is 0. The van der Waals surface area contributed by atoms with Crippen LogP contribution in [0, 0.1) is 11.8 Å². The first-order valence-corrected chi connectivity index (χ1v) is 8.18. The molecule has 1 aliphatic heterocycles. The standard InChI is InChI=1S/C16H31NO3/c1-4-7-8-13(6-3)10-17(9-5-2)15-12-20-11-14(15)16(18)19/h13-15H,4-12H2,1-3H3,(H,18,19). The minimum atomic E-state index is -0.713. The second-order valence-corrected chi connectivity index (χ2v) is 5.96. The van der Waals surface area contributed by atoms with E-state index in [2.05, 4.69) is 25.7 Å². The highest BCUT2D eigenvalue weighted by atomic mass is 16.5.